The molecule has 0 saturated carbocycles. The lowest BCUT2D eigenvalue weighted by molar-refractivity contribution is 0.0322. The summed E-state index contributed by atoms with van der Waals surface area (Å²) < 4.78 is 37.9. The fraction of sp³-hybridized carbons (Fsp3) is 0.350. The van der Waals surface area contributed by atoms with Crippen molar-refractivity contribution < 1.29 is 23.0 Å². The number of anilines is 1. The van der Waals surface area contributed by atoms with Gasteiger partial charge in [-0.15, -0.1) is 0 Å². The Kier molecular flexibility index (Phi) is 5.40. The van der Waals surface area contributed by atoms with Gasteiger partial charge < -0.3 is 20.1 Å². The van der Waals surface area contributed by atoms with Crippen LogP contribution in [0.2, 0.25) is 0 Å². The van der Waals surface area contributed by atoms with Gasteiger partial charge in [0.2, 0.25) is 0 Å². The second kappa shape index (κ2) is 8.12. The highest BCUT2D eigenvalue weighted by Crippen LogP contribution is 2.29. The predicted octanol–water partition coefficient (Wildman–Crippen LogP) is 2.53. The molecule has 0 radical (unpaired) electrons. The molecule has 2 aromatic carbocycles. The minimum absolute atomic E-state index is 0.0817. The fourth-order valence-electron chi connectivity index (χ4n) is 3.30. The van der Waals surface area contributed by atoms with Crippen LogP contribution in [0.1, 0.15) is 22.1 Å². The van der Waals surface area contributed by atoms with Crippen molar-refractivity contribution in [2.45, 2.75) is 6.17 Å². The van der Waals surface area contributed by atoms with Crippen LogP contribution in [0.5, 0.6) is 5.75 Å². The maximum atomic E-state index is 13.5. The van der Waals surface area contributed by atoms with Gasteiger partial charge in [-0.05, 0) is 23.8 Å². The molecule has 1 unspecified atom stereocenters. The van der Waals surface area contributed by atoms with Gasteiger partial charge in [-0.1, -0.05) is 12.1 Å². The first-order valence-corrected chi connectivity index (χ1v) is 9.19. The summed E-state index contributed by atoms with van der Waals surface area (Å²) in [5.74, 6) is -1.77. The van der Waals surface area contributed by atoms with Gasteiger partial charge in [0.15, 0.2) is 11.6 Å². The molecule has 1 fully saturated rings. The van der Waals surface area contributed by atoms with Crippen LogP contribution < -0.4 is 15.4 Å². The first kappa shape index (κ1) is 18.6. The number of hydrogen-bond acceptors (Lipinski definition) is 5. The number of benzene rings is 2. The highest BCUT2D eigenvalue weighted by Gasteiger charge is 2.26. The van der Waals surface area contributed by atoms with Gasteiger partial charge in [0.25, 0.3) is 5.91 Å². The molecule has 4 rings (SSSR count). The van der Waals surface area contributed by atoms with E-state index in [2.05, 4.69) is 15.5 Å². The minimum atomic E-state index is -1.05. The number of nitrogens with one attached hydrogen (secondary N) is 2. The van der Waals surface area contributed by atoms with Gasteiger partial charge in [-0.3, -0.25) is 9.69 Å². The molecular formula is C20H21F2N3O3. The molecule has 0 aliphatic carbocycles. The second-order valence-corrected chi connectivity index (χ2v) is 6.73. The molecule has 8 heteroatoms. The lowest BCUT2D eigenvalue weighted by atomic mass is 10.1. The van der Waals surface area contributed by atoms with Gasteiger partial charge in [-0.2, -0.15) is 0 Å². The van der Waals surface area contributed by atoms with E-state index in [1.807, 2.05) is 24.3 Å². The summed E-state index contributed by atoms with van der Waals surface area (Å²) in [5, 5.41) is 5.76. The molecule has 2 aliphatic rings. The van der Waals surface area contributed by atoms with E-state index in [1.165, 1.54) is 0 Å². The van der Waals surface area contributed by atoms with Gasteiger partial charge >= 0.3 is 0 Å². The Morgan fingerprint density at radius 2 is 1.79 bits per heavy atom. The van der Waals surface area contributed by atoms with E-state index >= 15 is 0 Å². The van der Waals surface area contributed by atoms with Gasteiger partial charge in [0, 0.05) is 25.7 Å². The normalized spacial score (nSPS) is 19.5. The third-order valence-corrected chi connectivity index (χ3v) is 4.87. The van der Waals surface area contributed by atoms with Crippen molar-refractivity contribution in [2.75, 3.05) is 44.8 Å². The molecule has 1 atom stereocenters. The average Bonchev–Trinajstić information content (AvgIpc) is 2.71. The Morgan fingerprint density at radius 3 is 2.54 bits per heavy atom. The summed E-state index contributed by atoms with van der Waals surface area (Å²) in [6, 6.07) is 9.19. The summed E-state index contributed by atoms with van der Waals surface area (Å²) in [6.07, 6.45) is -0.535. The van der Waals surface area contributed by atoms with E-state index in [-0.39, 0.29) is 11.3 Å². The maximum absolute atomic E-state index is 13.5. The highest BCUT2D eigenvalue weighted by atomic mass is 19.2. The molecule has 1 saturated heterocycles. The van der Waals surface area contributed by atoms with E-state index in [0.29, 0.717) is 6.61 Å². The third-order valence-electron chi connectivity index (χ3n) is 4.87. The quantitative estimate of drug-likeness (QED) is 0.823. The Labute approximate surface area is 161 Å². The Hall–Kier alpha value is -2.71. The fourth-order valence-corrected chi connectivity index (χ4v) is 3.30. The lowest BCUT2D eigenvalue weighted by Crippen LogP contribution is -2.38. The molecule has 0 aromatic heterocycles. The number of ether oxygens (including phenoxy) is 2. The number of halogens is 2. The van der Waals surface area contributed by atoms with Crippen molar-refractivity contribution in [2.24, 2.45) is 0 Å². The summed E-state index contributed by atoms with van der Waals surface area (Å²) in [5.41, 5.74) is 1.13. The molecule has 1 amide bonds. The first-order chi connectivity index (χ1) is 13.6. The number of carbonyl (C=O) groups excluding carboxylic acids is 1. The molecule has 2 heterocycles. The molecule has 0 spiro atoms. The Bertz CT molecular complexity index is 855. The summed E-state index contributed by atoms with van der Waals surface area (Å²) >= 11 is 0. The summed E-state index contributed by atoms with van der Waals surface area (Å²) in [7, 11) is 0. The first-order valence-electron chi connectivity index (χ1n) is 9.19. The predicted molar refractivity (Wildman–Crippen MR) is 99.4 cm³/mol. The molecular weight excluding hydrogens is 368 g/mol. The van der Waals surface area contributed by atoms with Gasteiger partial charge in [0.1, 0.15) is 18.5 Å². The number of carbonyl (C=O) groups is 1. The van der Waals surface area contributed by atoms with E-state index in [0.717, 1.165) is 56.3 Å². The third kappa shape index (κ3) is 4.07. The van der Waals surface area contributed by atoms with Crippen molar-refractivity contribution in [3.05, 3.63) is 59.2 Å². The topological polar surface area (TPSA) is 62.8 Å². The van der Waals surface area contributed by atoms with Crippen LogP contribution in [-0.2, 0) is 4.74 Å². The van der Waals surface area contributed by atoms with Gasteiger partial charge in [0.05, 0.1) is 24.5 Å². The molecule has 0 bridgehead atoms. The molecule has 6 nitrogen and oxygen atoms in total. The highest BCUT2D eigenvalue weighted by molar-refractivity contribution is 6.01. The summed E-state index contributed by atoms with van der Waals surface area (Å²) in [6.45, 7) is 4.77. The van der Waals surface area contributed by atoms with E-state index < -0.39 is 23.7 Å². The van der Waals surface area contributed by atoms with Crippen molar-refractivity contribution in [1.29, 1.82) is 0 Å². The van der Waals surface area contributed by atoms with E-state index in [1.54, 1.807) is 0 Å². The standard InChI is InChI=1S/C20H21F2N3O3/c21-16-11-15-18(12-17(16)22)23-19(24-20(15)26)13-1-3-14(4-2-13)28-10-7-25-5-8-27-9-6-25/h1-4,11-12,19,23H,5-10H2,(H,24,26). The average molecular weight is 389 g/mol. The van der Waals surface area contributed by atoms with Crippen LogP contribution in [0.3, 0.4) is 0 Å². The smallest absolute Gasteiger partial charge is 0.255 e. The number of fused-ring (bicyclic) bond motifs is 1. The van der Waals surface area contributed by atoms with E-state index in [9.17, 15) is 13.6 Å². The van der Waals surface area contributed by atoms with Crippen LogP contribution in [0.25, 0.3) is 0 Å². The zero-order valence-corrected chi connectivity index (χ0v) is 15.2. The summed E-state index contributed by atoms with van der Waals surface area (Å²) in [4.78, 5) is 14.5. The lowest BCUT2D eigenvalue weighted by Gasteiger charge is -2.28. The minimum Gasteiger partial charge on any atom is -0.492 e. The van der Waals surface area contributed by atoms with Crippen LogP contribution in [0.15, 0.2) is 36.4 Å². The van der Waals surface area contributed by atoms with E-state index in [4.69, 9.17) is 9.47 Å². The zero-order valence-electron chi connectivity index (χ0n) is 15.2. The van der Waals surface area contributed by atoms with Crippen molar-refractivity contribution in [3.8, 4) is 5.75 Å². The maximum Gasteiger partial charge on any atom is 0.255 e. The monoisotopic (exact) mass is 389 g/mol. The number of rotatable bonds is 5. The largest absolute Gasteiger partial charge is 0.492 e. The van der Waals surface area contributed by atoms with Crippen LogP contribution in [0, 0.1) is 11.6 Å². The SMILES string of the molecule is O=C1NC(c2ccc(OCCN3CCOCC3)cc2)Nc2cc(F)c(F)cc21. The van der Waals surface area contributed by atoms with Crippen molar-refractivity contribution >= 4 is 11.6 Å². The van der Waals surface area contributed by atoms with Crippen molar-refractivity contribution in [3.63, 3.8) is 0 Å². The molecule has 2 aromatic rings. The Morgan fingerprint density at radius 1 is 1.07 bits per heavy atom. The number of amides is 1. The van der Waals surface area contributed by atoms with Crippen LogP contribution >= 0.6 is 0 Å². The molecule has 2 N–H and O–H groups in total. The number of morpholine rings is 1. The van der Waals surface area contributed by atoms with Crippen LogP contribution in [0.4, 0.5) is 14.5 Å². The molecule has 148 valence electrons. The number of nitrogens with zero attached hydrogens (tertiary/aromatic N) is 1. The second-order valence-electron chi connectivity index (χ2n) is 6.73. The number of hydrogen-bond donors (Lipinski definition) is 2. The van der Waals surface area contributed by atoms with Gasteiger partial charge in [-0.25, -0.2) is 8.78 Å². The van der Waals surface area contributed by atoms with Crippen LogP contribution in [-0.4, -0.2) is 50.3 Å². The molecule has 28 heavy (non-hydrogen) atoms. The zero-order chi connectivity index (χ0) is 19.5. The Balaban J connectivity index is 1.37. The molecule has 2 aliphatic heterocycles. The van der Waals surface area contributed by atoms with Crippen molar-refractivity contribution in [1.82, 2.24) is 10.2 Å².